The molecule has 0 radical (unpaired) electrons. The van der Waals surface area contributed by atoms with Gasteiger partial charge in [-0.15, -0.1) is 15.3 Å². The van der Waals surface area contributed by atoms with Gasteiger partial charge in [-0.2, -0.15) is 4.52 Å². The summed E-state index contributed by atoms with van der Waals surface area (Å²) in [6.07, 6.45) is 2.56. The lowest BCUT2D eigenvalue weighted by Gasteiger charge is -2.18. The third-order valence-corrected chi connectivity index (χ3v) is 4.74. The van der Waals surface area contributed by atoms with Crippen molar-refractivity contribution >= 4 is 11.5 Å². The van der Waals surface area contributed by atoms with E-state index >= 15 is 0 Å². The molecule has 2 N–H and O–H groups in total. The molecule has 0 aliphatic heterocycles. The number of nitrogens with zero attached hydrogens (tertiary/aromatic N) is 4. The number of anilines is 1. The summed E-state index contributed by atoms with van der Waals surface area (Å²) in [5, 5.41) is 26.8. The highest BCUT2D eigenvalue weighted by Crippen LogP contribution is 2.39. The summed E-state index contributed by atoms with van der Waals surface area (Å²) in [4.78, 5) is 0. The van der Waals surface area contributed by atoms with Crippen molar-refractivity contribution in [1.29, 1.82) is 0 Å². The molecule has 0 bridgehead atoms. The van der Waals surface area contributed by atoms with Gasteiger partial charge in [-0.1, -0.05) is 24.3 Å². The Hall–Kier alpha value is -2.47. The van der Waals surface area contributed by atoms with Gasteiger partial charge in [-0.05, 0) is 36.1 Å². The van der Waals surface area contributed by atoms with Crippen LogP contribution in [0.5, 0.6) is 0 Å². The first-order valence-corrected chi connectivity index (χ1v) is 8.04. The molecule has 2 atom stereocenters. The number of aromatic nitrogens is 4. The average Bonchev–Trinajstić information content (AvgIpc) is 3.25. The van der Waals surface area contributed by atoms with Crippen LogP contribution < -0.4 is 5.32 Å². The number of fused-ring (bicyclic) bond motifs is 2. The molecule has 2 aliphatic rings. The number of aliphatic hydroxyl groups excluding tert-OH is 1. The van der Waals surface area contributed by atoms with Crippen molar-refractivity contribution in [2.75, 3.05) is 5.32 Å². The Balaban J connectivity index is 1.50. The minimum Gasteiger partial charge on any atom is -0.390 e. The summed E-state index contributed by atoms with van der Waals surface area (Å²) in [5.41, 5.74) is 3.11. The standard InChI is InChI=1S/C17H17N5O/c23-13-9-11-3-1-2-4-12(11)16(13)18-14-7-8-15-19-20-17(10-5-6-10)22(15)21-14/h1-4,7-8,10,13,16,23H,5-6,9H2,(H,18,21)/t13-,16+/m1/s1. The van der Waals surface area contributed by atoms with E-state index in [1.165, 1.54) is 5.56 Å². The smallest absolute Gasteiger partial charge is 0.178 e. The molecule has 2 aromatic heterocycles. The van der Waals surface area contributed by atoms with E-state index in [0.717, 1.165) is 35.7 Å². The van der Waals surface area contributed by atoms with Gasteiger partial charge < -0.3 is 10.4 Å². The van der Waals surface area contributed by atoms with Crippen molar-refractivity contribution in [3.05, 3.63) is 53.3 Å². The van der Waals surface area contributed by atoms with E-state index < -0.39 is 6.10 Å². The van der Waals surface area contributed by atoms with Crippen LogP contribution in [-0.4, -0.2) is 31.0 Å². The van der Waals surface area contributed by atoms with Crippen LogP contribution >= 0.6 is 0 Å². The molecule has 116 valence electrons. The van der Waals surface area contributed by atoms with Crippen LogP contribution in [0.1, 0.15) is 41.8 Å². The number of nitrogens with one attached hydrogen (secondary N) is 1. The van der Waals surface area contributed by atoms with E-state index in [2.05, 4.69) is 32.7 Å². The van der Waals surface area contributed by atoms with Gasteiger partial charge in [0.2, 0.25) is 0 Å². The molecule has 1 fully saturated rings. The number of hydrogen-bond acceptors (Lipinski definition) is 5. The van der Waals surface area contributed by atoms with Crippen molar-refractivity contribution in [3.8, 4) is 0 Å². The maximum absolute atomic E-state index is 10.4. The van der Waals surface area contributed by atoms with Crippen LogP contribution in [0.25, 0.3) is 5.65 Å². The van der Waals surface area contributed by atoms with Crippen LogP contribution in [0.2, 0.25) is 0 Å². The Morgan fingerprint density at radius 3 is 2.83 bits per heavy atom. The van der Waals surface area contributed by atoms with E-state index in [0.29, 0.717) is 12.3 Å². The van der Waals surface area contributed by atoms with E-state index in [4.69, 9.17) is 0 Å². The van der Waals surface area contributed by atoms with Crippen molar-refractivity contribution in [3.63, 3.8) is 0 Å². The zero-order valence-corrected chi connectivity index (χ0v) is 12.6. The first-order valence-electron chi connectivity index (χ1n) is 8.04. The van der Waals surface area contributed by atoms with Gasteiger partial charge in [0.05, 0.1) is 12.1 Å². The molecular formula is C17H17N5O. The molecule has 6 nitrogen and oxygen atoms in total. The Labute approximate surface area is 133 Å². The topological polar surface area (TPSA) is 75.3 Å². The van der Waals surface area contributed by atoms with Crippen LogP contribution in [0.3, 0.4) is 0 Å². The van der Waals surface area contributed by atoms with Crippen LogP contribution in [-0.2, 0) is 6.42 Å². The number of hydrogen-bond donors (Lipinski definition) is 2. The van der Waals surface area contributed by atoms with Gasteiger partial charge in [0, 0.05) is 12.3 Å². The second kappa shape index (κ2) is 4.76. The van der Waals surface area contributed by atoms with E-state index in [9.17, 15) is 5.11 Å². The maximum atomic E-state index is 10.4. The maximum Gasteiger partial charge on any atom is 0.178 e. The molecule has 6 heteroatoms. The molecule has 0 amide bonds. The Bertz CT molecular complexity index is 886. The molecule has 2 aliphatic carbocycles. The summed E-state index contributed by atoms with van der Waals surface area (Å²) in [6.45, 7) is 0. The lowest BCUT2D eigenvalue weighted by atomic mass is 10.1. The van der Waals surface area contributed by atoms with E-state index in [1.807, 2.05) is 28.8 Å². The Morgan fingerprint density at radius 1 is 1.09 bits per heavy atom. The molecule has 0 spiro atoms. The normalized spacial score (nSPS) is 23.2. The van der Waals surface area contributed by atoms with Crippen molar-refractivity contribution in [2.45, 2.75) is 37.3 Å². The van der Waals surface area contributed by atoms with Gasteiger partial charge in [0.1, 0.15) is 5.82 Å². The highest BCUT2D eigenvalue weighted by atomic mass is 16.3. The second-order valence-corrected chi connectivity index (χ2v) is 6.41. The monoisotopic (exact) mass is 307 g/mol. The summed E-state index contributed by atoms with van der Waals surface area (Å²) in [5.74, 6) is 2.17. The van der Waals surface area contributed by atoms with Crippen molar-refractivity contribution in [1.82, 2.24) is 19.8 Å². The SMILES string of the molecule is O[C@@H]1Cc2ccccc2[C@@H]1Nc1ccc2nnc(C3CC3)n2n1. The fraction of sp³-hybridized carbons (Fsp3) is 0.353. The third-order valence-electron chi connectivity index (χ3n) is 4.74. The third kappa shape index (κ3) is 2.09. The largest absolute Gasteiger partial charge is 0.390 e. The molecule has 1 saturated carbocycles. The zero-order chi connectivity index (χ0) is 15.4. The van der Waals surface area contributed by atoms with Crippen molar-refractivity contribution < 1.29 is 5.11 Å². The fourth-order valence-electron chi connectivity index (χ4n) is 3.39. The first-order chi connectivity index (χ1) is 11.3. The molecule has 1 aromatic carbocycles. The number of benzene rings is 1. The number of rotatable bonds is 3. The van der Waals surface area contributed by atoms with Gasteiger partial charge in [0.15, 0.2) is 11.5 Å². The summed E-state index contributed by atoms with van der Waals surface area (Å²) in [6, 6.07) is 11.8. The Kier molecular flexibility index (Phi) is 2.69. The molecule has 0 saturated heterocycles. The molecule has 5 rings (SSSR count). The Morgan fingerprint density at radius 2 is 1.96 bits per heavy atom. The number of aliphatic hydroxyl groups is 1. The second-order valence-electron chi connectivity index (χ2n) is 6.41. The minimum absolute atomic E-state index is 0.128. The quantitative estimate of drug-likeness (QED) is 0.775. The lowest BCUT2D eigenvalue weighted by Crippen LogP contribution is -2.22. The summed E-state index contributed by atoms with van der Waals surface area (Å²) >= 11 is 0. The van der Waals surface area contributed by atoms with Gasteiger partial charge in [-0.3, -0.25) is 0 Å². The highest BCUT2D eigenvalue weighted by molar-refractivity contribution is 5.48. The van der Waals surface area contributed by atoms with Gasteiger partial charge in [-0.25, -0.2) is 0 Å². The first kappa shape index (κ1) is 13.0. The predicted molar refractivity (Wildman–Crippen MR) is 85.3 cm³/mol. The van der Waals surface area contributed by atoms with Gasteiger partial charge in [0.25, 0.3) is 0 Å². The van der Waals surface area contributed by atoms with Crippen LogP contribution in [0.4, 0.5) is 5.82 Å². The average molecular weight is 307 g/mol. The van der Waals surface area contributed by atoms with Crippen LogP contribution in [0.15, 0.2) is 36.4 Å². The lowest BCUT2D eigenvalue weighted by molar-refractivity contribution is 0.165. The molecule has 0 unspecified atom stereocenters. The van der Waals surface area contributed by atoms with E-state index in [1.54, 1.807) is 0 Å². The molecule has 2 heterocycles. The molecule has 23 heavy (non-hydrogen) atoms. The molecule has 3 aromatic rings. The predicted octanol–water partition coefficient (Wildman–Crippen LogP) is 2.07. The zero-order valence-electron chi connectivity index (χ0n) is 12.6. The van der Waals surface area contributed by atoms with Gasteiger partial charge >= 0.3 is 0 Å². The highest BCUT2D eigenvalue weighted by Gasteiger charge is 2.32. The fourth-order valence-corrected chi connectivity index (χ4v) is 3.39. The minimum atomic E-state index is -0.436. The summed E-state index contributed by atoms with van der Waals surface area (Å²) in [7, 11) is 0. The summed E-state index contributed by atoms with van der Waals surface area (Å²) < 4.78 is 1.83. The molecular weight excluding hydrogens is 290 g/mol. The van der Waals surface area contributed by atoms with E-state index in [-0.39, 0.29) is 6.04 Å². The van der Waals surface area contributed by atoms with Crippen LogP contribution in [0, 0.1) is 0 Å². The van der Waals surface area contributed by atoms with Crippen molar-refractivity contribution in [2.24, 2.45) is 0 Å².